The van der Waals surface area contributed by atoms with Crippen LogP contribution in [0.2, 0.25) is 10.0 Å². The van der Waals surface area contributed by atoms with Gasteiger partial charge in [-0.3, -0.25) is 0 Å². The number of thioether (sulfide) groups is 1. The summed E-state index contributed by atoms with van der Waals surface area (Å²) < 4.78 is 33.4. The molecule has 0 radical (unpaired) electrons. The summed E-state index contributed by atoms with van der Waals surface area (Å²) in [5, 5.41) is 0.479. The second-order valence-electron chi connectivity index (χ2n) is 6.11. The smallest absolute Gasteiger partial charge is 0.242 e. The maximum Gasteiger partial charge on any atom is 0.242 e. The Morgan fingerprint density at radius 3 is 2.46 bits per heavy atom. The molecule has 1 saturated heterocycles. The minimum Gasteiger partial charge on any atom is -0.381 e. The second kappa shape index (κ2) is 8.50. The number of hydrogen-bond donors (Lipinski definition) is 1. The van der Waals surface area contributed by atoms with Crippen molar-refractivity contribution in [3.63, 3.8) is 0 Å². The van der Waals surface area contributed by atoms with E-state index in [0.717, 1.165) is 17.7 Å². The lowest BCUT2D eigenvalue weighted by Gasteiger charge is -2.36. The van der Waals surface area contributed by atoms with Crippen LogP contribution in [0, 0.1) is 0 Å². The Kier molecular flexibility index (Phi) is 6.54. The first-order valence-electron chi connectivity index (χ1n) is 8.17. The van der Waals surface area contributed by atoms with Gasteiger partial charge < -0.3 is 4.74 Å². The molecule has 0 amide bonds. The molecule has 0 aliphatic carbocycles. The molecular weight excluding hydrogens is 413 g/mol. The minimum absolute atomic E-state index is 0.00131. The maximum atomic E-state index is 12.7. The van der Waals surface area contributed by atoms with Crippen molar-refractivity contribution in [2.75, 3.05) is 19.8 Å². The molecule has 140 valence electrons. The molecule has 1 fully saturated rings. The molecule has 0 saturated carbocycles. The summed E-state index contributed by atoms with van der Waals surface area (Å²) in [6.07, 6.45) is 1.52. The monoisotopic (exact) mass is 431 g/mol. The highest BCUT2D eigenvalue weighted by Gasteiger charge is 2.35. The summed E-state index contributed by atoms with van der Waals surface area (Å²) >= 11 is 13.7. The fraction of sp³-hybridized carbons (Fsp3) is 0.333. The third kappa shape index (κ3) is 4.94. The number of halogens is 2. The summed E-state index contributed by atoms with van der Waals surface area (Å²) in [7, 11) is -3.76. The highest BCUT2D eigenvalue weighted by Crippen LogP contribution is 2.40. The van der Waals surface area contributed by atoms with Crippen LogP contribution in [0.3, 0.4) is 0 Å². The van der Waals surface area contributed by atoms with E-state index in [0.29, 0.717) is 24.8 Å². The number of sulfonamides is 1. The quantitative estimate of drug-likeness (QED) is 0.724. The molecule has 0 spiro atoms. The standard InChI is InChI=1S/C18H19Cl2NO3S2/c19-14-6-7-16(20)17(12-14)26(22,23)21-13-18(8-10-24-11-9-18)25-15-4-2-1-3-5-15/h1-7,12,21H,8-11,13H2. The predicted molar refractivity (Wildman–Crippen MR) is 107 cm³/mol. The SMILES string of the molecule is O=S(=O)(NCC1(Sc2ccccc2)CCOCC1)c1cc(Cl)ccc1Cl. The molecule has 0 aromatic heterocycles. The fourth-order valence-electron chi connectivity index (χ4n) is 2.78. The van der Waals surface area contributed by atoms with Crippen molar-refractivity contribution in [1.29, 1.82) is 0 Å². The van der Waals surface area contributed by atoms with Gasteiger partial charge >= 0.3 is 0 Å². The number of hydrogen-bond acceptors (Lipinski definition) is 4. The Bertz CT molecular complexity index is 854. The van der Waals surface area contributed by atoms with E-state index >= 15 is 0 Å². The zero-order valence-corrected chi connectivity index (χ0v) is 17.1. The van der Waals surface area contributed by atoms with Gasteiger partial charge in [-0.2, -0.15) is 0 Å². The third-order valence-corrected chi connectivity index (χ3v) is 7.86. The van der Waals surface area contributed by atoms with Crippen LogP contribution in [-0.4, -0.2) is 32.9 Å². The maximum absolute atomic E-state index is 12.7. The number of ether oxygens (including phenoxy) is 1. The molecule has 1 N–H and O–H groups in total. The van der Waals surface area contributed by atoms with Gasteiger partial charge in [-0.25, -0.2) is 13.1 Å². The summed E-state index contributed by atoms with van der Waals surface area (Å²) in [4.78, 5) is 1.10. The molecule has 1 aliphatic heterocycles. The lowest BCUT2D eigenvalue weighted by atomic mass is 9.99. The van der Waals surface area contributed by atoms with Crippen LogP contribution in [0.15, 0.2) is 58.3 Å². The molecule has 0 bridgehead atoms. The summed E-state index contributed by atoms with van der Waals surface area (Å²) in [6, 6.07) is 14.4. The van der Waals surface area contributed by atoms with E-state index in [-0.39, 0.29) is 14.7 Å². The highest BCUT2D eigenvalue weighted by atomic mass is 35.5. The van der Waals surface area contributed by atoms with Gasteiger partial charge in [0.2, 0.25) is 10.0 Å². The van der Waals surface area contributed by atoms with Crippen LogP contribution in [0.4, 0.5) is 0 Å². The topological polar surface area (TPSA) is 55.4 Å². The van der Waals surface area contributed by atoms with Gasteiger partial charge in [0.25, 0.3) is 0 Å². The molecular formula is C18H19Cl2NO3S2. The number of nitrogens with one attached hydrogen (secondary N) is 1. The van der Waals surface area contributed by atoms with E-state index in [1.54, 1.807) is 17.8 Å². The zero-order chi connectivity index (χ0) is 18.6. The minimum atomic E-state index is -3.76. The summed E-state index contributed by atoms with van der Waals surface area (Å²) in [5.41, 5.74) is 0. The summed E-state index contributed by atoms with van der Waals surface area (Å²) in [5.74, 6) is 0. The van der Waals surface area contributed by atoms with Crippen LogP contribution in [-0.2, 0) is 14.8 Å². The molecule has 8 heteroatoms. The van der Waals surface area contributed by atoms with Crippen molar-refractivity contribution in [3.05, 3.63) is 58.6 Å². The van der Waals surface area contributed by atoms with Crippen LogP contribution in [0.25, 0.3) is 0 Å². The van der Waals surface area contributed by atoms with Gasteiger partial charge in [-0.05, 0) is 43.2 Å². The molecule has 2 aromatic rings. The molecule has 0 atom stereocenters. The van der Waals surface area contributed by atoms with Crippen molar-refractivity contribution in [2.24, 2.45) is 0 Å². The Balaban J connectivity index is 1.80. The Morgan fingerprint density at radius 1 is 1.08 bits per heavy atom. The van der Waals surface area contributed by atoms with Crippen molar-refractivity contribution in [2.45, 2.75) is 27.4 Å². The van der Waals surface area contributed by atoms with E-state index in [2.05, 4.69) is 4.72 Å². The normalized spacial score (nSPS) is 17.2. The van der Waals surface area contributed by atoms with Gasteiger partial charge in [0.15, 0.2) is 0 Å². The molecule has 0 unspecified atom stereocenters. The first kappa shape index (κ1) is 20.0. The summed E-state index contributed by atoms with van der Waals surface area (Å²) in [6.45, 7) is 1.51. The lowest BCUT2D eigenvalue weighted by molar-refractivity contribution is 0.0784. The van der Waals surface area contributed by atoms with Gasteiger partial charge in [-0.15, -0.1) is 11.8 Å². The van der Waals surface area contributed by atoms with Crippen molar-refractivity contribution < 1.29 is 13.2 Å². The zero-order valence-electron chi connectivity index (χ0n) is 14.0. The van der Waals surface area contributed by atoms with Gasteiger partial charge in [0.1, 0.15) is 4.90 Å². The Morgan fingerprint density at radius 2 is 1.77 bits per heavy atom. The van der Waals surface area contributed by atoms with E-state index < -0.39 is 10.0 Å². The molecule has 1 heterocycles. The molecule has 2 aromatic carbocycles. The van der Waals surface area contributed by atoms with Gasteiger partial charge in [-0.1, -0.05) is 41.4 Å². The average molecular weight is 432 g/mol. The molecule has 26 heavy (non-hydrogen) atoms. The van der Waals surface area contributed by atoms with Crippen molar-refractivity contribution in [1.82, 2.24) is 4.72 Å². The van der Waals surface area contributed by atoms with E-state index in [9.17, 15) is 8.42 Å². The van der Waals surface area contributed by atoms with E-state index in [4.69, 9.17) is 27.9 Å². The van der Waals surface area contributed by atoms with Crippen LogP contribution < -0.4 is 4.72 Å². The lowest BCUT2D eigenvalue weighted by Crippen LogP contribution is -2.44. The van der Waals surface area contributed by atoms with Gasteiger partial charge in [0.05, 0.1) is 5.02 Å². The first-order chi connectivity index (χ1) is 12.4. The van der Waals surface area contributed by atoms with Crippen molar-refractivity contribution >= 4 is 45.0 Å². The van der Waals surface area contributed by atoms with Crippen LogP contribution in [0.5, 0.6) is 0 Å². The van der Waals surface area contributed by atoms with Crippen LogP contribution in [0.1, 0.15) is 12.8 Å². The molecule has 3 rings (SSSR count). The largest absolute Gasteiger partial charge is 0.381 e. The number of rotatable bonds is 6. The van der Waals surface area contributed by atoms with E-state index in [1.165, 1.54) is 12.1 Å². The van der Waals surface area contributed by atoms with Crippen molar-refractivity contribution in [3.8, 4) is 0 Å². The Labute approximate surface area is 168 Å². The Hall–Kier alpha value is -0.760. The average Bonchev–Trinajstić information content (AvgIpc) is 2.64. The molecule has 4 nitrogen and oxygen atoms in total. The van der Waals surface area contributed by atoms with Gasteiger partial charge in [0, 0.05) is 34.4 Å². The predicted octanol–water partition coefficient (Wildman–Crippen LogP) is 4.61. The van der Waals surface area contributed by atoms with Crippen LogP contribution >= 0.6 is 35.0 Å². The first-order valence-corrected chi connectivity index (χ1v) is 11.2. The third-order valence-electron chi connectivity index (χ3n) is 4.25. The second-order valence-corrected chi connectivity index (χ2v) is 10.2. The fourth-order valence-corrected chi connectivity index (χ4v) is 6.07. The number of benzene rings is 2. The van der Waals surface area contributed by atoms with E-state index in [1.807, 2.05) is 30.3 Å². The highest BCUT2D eigenvalue weighted by molar-refractivity contribution is 8.00. The molecule has 1 aliphatic rings.